The molecule has 0 unspecified atom stereocenters. The zero-order chi connectivity index (χ0) is 15.8. The fourth-order valence-corrected chi connectivity index (χ4v) is 2.65. The number of amidine groups is 1. The van der Waals surface area contributed by atoms with Gasteiger partial charge in [-0.3, -0.25) is 5.41 Å². The van der Waals surface area contributed by atoms with Crippen molar-refractivity contribution in [3.63, 3.8) is 0 Å². The standard InChI is InChI=1S/C16H27ClN4/c1-4-20(5-2)10-7-11-21(6-3)15-9-8-13(17)12-14(15)16(18)19/h8-9,12H,4-7,10-11H2,1-3H3,(H3,18,19). The lowest BCUT2D eigenvalue weighted by molar-refractivity contribution is 0.301. The first-order valence-corrected chi connectivity index (χ1v) is 8.02. The second kappa shape index (κ2) is 8.90. The number of anilines is 1. The Morgan fingerprint density at radius 3 is 2.33 bits per heavy atom. The minimum absolute atomic E-state index is 0.0645. The van der Waals surface area contributed by atoms with Crippen LogP contribution in [-0.2, 0) is 0 Å². The highest BCUT2D eigenvalue weighted by molar-refractivity contribution is 6.31. The maximum atomic E-state index is 7.73. The summed E-state index contributed by atoms with van der Waals surface area (Å²) in [6.45, 7) is 11.6. The molecule has 4 nitrogen and oxygen atoms in total. The molecule has 1 aromatic rings. The molecule has 0 aromatic heterocycles. The van der Waals surface area contributed by atoms with Crippen LogP contribution in [0.25, 0.3) is 0 Å². The molecule has 0 saturated carbocycles. The van der Waals surface area contributed by atoms with Crippen LogP contribution in [0.4, 0.5) is 5.69 Å². The number of benzene rings is 1. The highest BCUT2D eigenvalue weighted by Crippen LogP contribution is 2.24. The van der Waals surface area contributed by atoms with Crippen molar-refractivity contribution in [1.29, 1.82) is 5.41 Å². The minimum atomic E-state index is 0.0645. The molecule has 1 aromatic carbocycles. The lowest BCUT2D eigenvalue weighted by atomic mass is 10.1. The van der Waals surface area contributed by atoms with Gasteiger partial charge in [-0.05, 0) is 51.2 Å². The van der Waals surface area contributed by atoms with Gasteiger partial charge >= 0.3 is 0 Å². The van der Waals surface area contributed by atoms with Gasteiger partial charge in [-0.2, -0.15) is 0 Å². The van der Waals surface area contributed by atoms with Crippen LogP contribution >= 0.6 is 11.6 Å². The average Bonchev–Trinajstić information content (AvgIpc) is 2.48. The van der Waals surface area contributed by atoms with Gasteiger partial charge in [-0.1, -0.05) is 25.4 Å². The molecule has 3 N–H and O–H groups in total. The number of nitrogens with zero attached hydrogens (tertiary/aromatic N) is 2. The van der Waals surface area contributed by atoms with Crippen molar-refractivity contribution >= 4 is 23.1 Å². The van der Waals surface area contributed by atoms with E-state index in [0.717, 1.165) is 44.8 Å². The van der Waals surface area contributed by atoms with E-state index in [-0.39, 0.29) is 5.84 Å². The molecule has 0 bridgehead atoms. The number of hydrogen-bond donors (Lipinski definition) is 2. The van der Waals surface area contributed by atoms with E-state index in [1.165, 1.54) is 0 Å². The van der Waals surface area contributed by atoms with Crippen LogP contribution in [0.15, 0.2) is 18.2 Å². The summed E-state index contributed by atoms with van der Waals surface area (Å²) in [7, 11) is 0. The smallest absolute Gasteiger partial charge is 0.124 e. The van der Waals surface area contributed by atoms with E-state index in [2.05, 4.69) is 30.6 Å². The summed E-state index contributed by atoms with van der Waals surface area (Å²) in [5, 5.41) is 8.34. The first kappa shape index (κ1) is 17.8. The predicted octanol–water partition coefficient (Wildman–Crippen LogP) is 3.18. The van der Waals surface area contributed by atoms with Gasteiger partial charge < -0.3 is 15.5 Å². The van der Waals surface area contributed by atoms with Gasteiger partial charge in [-0.15, -0.1) is 0 Å². The van der Waals surface area contributed by atoms with E-state index in [1.807, 2.05) is 12.1 Å². The fourth-order valence-electron chi connectivity index (χ4n) is 2.47. The van der Waals surface area contributed by atoms with Gasteiger partial charge in [0.05, 0.1) is 0 Å². The van der Waals surface area contributed by atoms with Crippen molar-refractivity contribution < 1.29 is 0 Å². The second-order valence-corrected chi connectivity index (χ2v) is 5.47. The first-order chi connectivity index (χ1) is 10.0. The Hall–Kier alpha value is -1.26. The third-order valence-corrected chi connectivity index (χ3v) is 4.00. The summed E-state index contributed by atoms with van der Waals surface area (Å²) in [5.74, 6) is 0.0645. The maximum Gasteiger partial charge on any atom is 0.124 e. The molecule has 21 heavy (non-hydrogen) atoms. The van der Waals surface area contributed by atoms with Gasteiger partial charge in [0.15, 0.2) is 0 Å². The van der Waals surface area contributed by atoms with E-state index in [4.69, 9.17) is 22.7 Å². The van der Waals surface area contributed by atoms with Gasteiger partial charge in [0.25, 0.3) is 0 Å². The normalized spacial score (nSPS) is 10.9. The Labute approximate surface area is 133 Å². The molecule has 0 radical (unpaired) electrons. The van der Waals surface area contributed by atoms with Crippen LogP contribution in [0.1, 0.15) is 32.8 Å². The Balaban J connectivity index is 2.78. The molecule has 0 amide bonds. The molecule has 0 spiro atoms. The van der Waals surface area contributed by atoms with Gasteiger partial charge in [-0.25, -0.2) is 0 Å². The molecule has 1 rings (SSSR count). The molecule has 0 aliphatic carbocycles. The van der Waals surface area contributed by atoms with Crippen LogP contribution in [0.2, 0.25) is 5.02 Å². The highest BCUT2D eigenvalue weighted by atomic mass is 35.5. The first-order valence-electron chi connectivity index (χ1n) is 7.64. The van der Waals surface area contributed by atoms with E-state index in [0.29, 0.717) is 10.6 Å². The summed E-state index contributed by atoms with van der Waals surface area (Å²) < 4.78 is 0. The third-order valence-electron chi connectivity index (χ3n) is 3.77. The monoisotopic (exact) mass is 310 g/mol. The Morgan fingerprint density at radius 1 is 1.14 bits per heavy atom. The van der Waals surface area contributed by atoms with E-state index in [1.54, 1.807) is 6.07 Å². The van der Waals surface area contributed by atoms with Crippen LogP contribution in [0.5, 0.6) is 0 Å². The topological polar surface area (TPSA) is 56.4 Å². The molecule has 0 aliphatic rings. The largest absolute Gasteiger partial charge is 0.384 e. The van der Waals surface area contributed by atoms with E-state index >= 15 is 0 Å². The summed E-state index contributed by atoms with van der Waals surface area (Å²) in [6.07, 6.45) is 1.09. The number of nitrogen functional groups attached to an aromatic ring is 1. The summed E-state index contributed by atoms with van der Waals surface area (Å²) in [4.78, 5) is 4.68. The molecule has 118 valence electrons. The average molecular weight is 311 g/mol. The van der Waals surface area contributed by atoms with Crippen molar-refractivity contribution in [2.45, 2.75) is 27.2 Å². The van der Waals surface area contributed by atoms with Gasteiger partial charge in [0.1, 0.15) is 5.84 Å². The number of hydrogen-bond acceptors (Lipinski definition) is 3. The number of rotatable bonds is 9. The maximum absolute atomic E-state index is 7.73. The molecular weight excluding hydrogens is 284 g/mol. The quantitative estimate of drug-likeness (QED) is 0.544. The molecule has 0 aliphatic heterocycles. The van der Waals surface area contributed by atoms with E-state index in [9.17, 15) is 0 Å². The van der Waals surface area contributed by atoms with E-state index < -0.39 is 0 Å². The zero-order valence-electron chi connectivity index (χ0n) is 13.3. The van der Waals surface area contributed by atoms with Crippen molar-refractivity contribution in [2.75, 3.05) is 37.6 Å². The zero-order valence-corrected chi connectivity index (χ0v) is 14.1. The van der Waals surface area contributed by atoms with Gasteiger partial charge in [0.2, 0.25) is 0 Å². The number of halogens is 1. The van der Waals surface area contributed by atoms with Crippen LogP contribution < -0.4 is 10.6 Å². The SMILES string of the molecule is CCN(CC)CCCN(CC)c1ccc(Cl)cc1C(=N)N. The summed E-state index contributed by atoms with van der Waals surface area (Å²) in [5.41, 5.74) is 7.40. The number of nitrogens with two attached hydrogens (primary N) is 1. The van der Waals surface area contributed by atoms with Gasteiger partial charge in [0, 0.05) is 29.4 Å². The lowest BCUT2D eigenvalue weighted by Crippen LogP contribution is -2.31. The molecule has 0 heterocycles. The molecule has 0 fully saturated rings. The minimum Gasteiger partial charge on any atom is -0.384 e. The van der Waals surface area contributed by atoms with Crippen molar-refractivity contribution in [1.82, 2.24) is 4.90 Å². The van der Waals surface area contributed by atoms with Crippen LogP contribution in [-0.4, -0.2) is 43.5 Å². The molecule has 0 atom stereocenters. The Bertz CT molecular complexity index is 458. The van der Waals surface area contributed by atoms with Crippen molar-refractivity contribution in [3.05, 3.63) is 28.8 Å². The number of nitrogens with one attached hydrogen (secondary N) is 1. The lowest BCUT2D eigenvalue weighted by Gasteiger charge is -2.27. The van der Waals surface area contributed by atoms with Crippen molar-refractivity contribution in [2.24, 2.45) is 5.73 Å². The predicted molar refractivity (Wildman–Crippen MR) is 92.8 cm³/mol. The highest BCUT2D eigenvalue weighted by Gasteiger charge is 2.12. The van der Waals surface area contributed by atoms with Crippen LogP contribution in [0, 0.1) is 5.41 Å². The van der Waals surface area contributed by atoms with Crippen LogP contribution in [0.3, 0.4) is 0 Å². The molecule has 0 saturated heterocycles. The summed E-state index contributed by atoms with van der Waals surface area (Å²) >= 11 is 6.01. The van der Waals surface area contributed by atoms with Crippen molar-refractivity contribution in [3.8, 4) is 0 Å². The fraction of sp³-hybridized carbons (Fsp3) is 0.562. The molecule has 5 heteroatoms. The molecular formula is C16H27ClN4. The third kappa shape index (κ3) is 5.21. The second-order valence-electron chi connectivity index (χ2n) is 5.04. The Morgan fingerprint density at radius 2 is 1.81 bits per heavy atom. The Kier molecular flexibility index (Phi) is 7.54. The summed E-state index contributed by atoms with van der Waals surface area (Å²) in [6, 6.07) is 5.59.